The van der Waals surface area contributed by atoms with Crippen molar-refractivity contribution in [1.29, 1.82) is 0 Å². The highest BCUT2D eigenvalue weighted by atomic mass is 19.3. The molecular formula is C7H11F2NO3. The molecule has 0 saturated carbocycles. The van der Waals surface area contributed by atoms with Gasteiger partial charge >= 0.3 is 11.9 Å². The molecule has 0 aromatic carbocycles. The average molecular weight is 195 g/mol. The fourth-order valence-electron chi connectivity index (χ4n) is 1.30. The van der Waals surface area contributed by atoms with E-state index >= 15 is 0 Å². The number of carboxylic acids is 1. The van der Waals surface area contributed by atoms with E-state index in [4.69, 9.17) is 10.2 Å². The van der Waals surface area contributed by atoms with Crippen molar-refractivity contribution in [2.45, 2.75) is 18.4 Å². The van der Waals surface area contributed by atoms with Crippen LogP contribution in [0.15, 0.2) is 0 Å². The predicted molar refractivity (Wildman–Crippen MR) is 39.6 cm³/mol. The molecule has 1 atom stereocenters. The van der Waals surface area contributed by atoms with Crippen LogP contribution in [-0.2, 0) is 4.79 Å². The number of likely N-dealkylation sites (tertiary alicyclic amines) is 1. The first kappa shape index (κ1) is 10.3. The van der Waals surface area contributed by atoms with Gasteiger partial charge in [-0.05, 0) is 6.42 Å². The smallest absolute Gasteiger partial charge is 0.375 e. The van der Waals surface area contributed by atoms with Gasteiger partial charge in [0.25, 0.3) is 0 Å². The Morgan fingerprint density at radius 1 is 1.62 bits per heavy atom. The van der Waals surface area contributed by atoms with Gasteiger partial charge in [-0.15, -0.1) is 0 Å². The van der Waals surface area contributed by atoms with E-state index in [1.54, 1.807) is 0 Å². The van der Waals surface area contributed by atoms with E-state index in [0.29, 0.717) is 13.0 Å². The molecule has 1 heterocycles. The molecule has 2 N–H and O–H groups in total. The third-order valence-electron chi connectivity index (χ3n) is 1.98. The zero-order chi connectivity index (χ0) is 10.1. The number of rotatable bonds is 3. The zero-order valence-electron chi connectivity index (χ0n) is 6.91. The van der Waals surface area contributed by atoms with Crippen LogP contribution in [0.25, 0.3) is 0 Å². The highest BCUT2D eigenvalue weighted by Gasteiger charge is 2.41. The average Bonchev–Trinajstić information content (AvgIpc) is 2.34. The Kier molecular flexibility index (Phi) is 2.82. The van der Waals surface area contributed by atoms with E-state index in [1.807, 2.05) is 0 Å². The van der Waals surface area contributed by atoms with Gasteiger partial charge in [0.05, 0.1) is 12.6 Å². The van der Waals surface area contributed by atoms with E-state index in [0.717, 1.165) is 0 Å². The molecule has 1 aliphatic heterocycles. The number of aliphatic hydroxyl groups is 1. The van der Waals surface area contributed by atoms with Gasteiger partial charge in [-0.25, -0.2) is 4.79 Å². The lowest BCUT2D eigenvalue weighted by molar-refractivity contribution is -0.167. The molecule has 1 saturated heterocycles. The second-order valence-corrected chi connectivity index (χ2v) is 3.19. The van der Waals surface area contributed by atoms with Crippen LogP contribution >= 0.6 is 0 Å². The molecule has 0 radical (unpaired) electrons. The standard InChI is InChI=1S/C7H11F2NO3/c8-7(9,6(12)13)4-10-2-1-5(11)3-10/h5,11H,1-4H2,(H,12,13). The molecule has 1 fully saturated rings. The predicted octanol–water partition coefficient (Wildman–Crippen LogP) is -0.227. The lowest BCUT2D eigenvalue weighted by Crippen LogP contribution is -2.41. The Hall–Kier alpha value is -0.750. The molecule has 0 amide bonds. The molecule has 4 nitrogen and oxygen atoms in total. The van der Waals surface area contributed by atoms with Crippen molar-refractivity contribution < 1.29 is 23.8 Å². The van der Waals surface area contributed by atoms with Crippen LogP contribution in [0.2, 0.25) is 0 Å². The molecule has 1 rings (SSSR count). The number of aliphatic hydroxyl groups excluding tert-OH is 1. The lowest BCUT2D eigenvalue weighted by atomic mass is 10.3. The van der Waals surface area contributed by atoms with Gasteiger partial charge in [0.15, 0.2) is 0 Å². The van der Waals surface area contributed by atoms with Gasteiger partial charge in [-0.2, -0.15) is 8.78 Å². The molecule has 1 unspecified atom stereocenters. The molecule has 0 spiro atoms. The molecular weight excluding hydrogens is 184 g/mol. The minimum atomic E-state index is -3.72. The van der Waals surface area contributed by atoms with Gasteiger partial charge in [-0.3, -0.25) is 4.90 Å². The zero-order valence-corrected chi connectivity index (χ0v) is 6.91. The Bertz CT molecular complexity index is 210. The third-order valence-corrected chi connectivity index (χ3v) is 1.98. The maximum absolute atomic E-state index is 12.6. The van der Waals surface area contributed by atoms with E-state index in [-0.39, 0.29) is 6.54 Å². The highest BCUT2D eigenvalue weighted by molar-refractivity contribution is 5.75. The summed E-state index contributed by atoms with van der Waals surface area (Å²) in [5.41, 5.74) is 0. The van der Waals surface area contributed by atoms with Crippen LogP contribution in [0.4, 0.5) is 8.78 Å². The first-order valence-corrected chi connectivity index (χ1v) is 3.93. The molecule has 6 heteroatoms. The first-order chi connectivity index (χ1) is 5.92. The monoisotopic (exact) mass is 195 g/mol. The maximum atomic E-state index is 12.6. The van der Waals surface area contributed by atoms with Gasteiger partial charge in [0, 0.05) is 13.1 Å². The van der Waals surface area contributed by atoms with Crippen molar-refractivity contribution in [2.75, 3.05) is 19.6 Å². The number of halogens is 2. The van der Waals surface area contributed by atoms with Crippen LogP contribution in [0.3, 0.4) is 0 Å². The van der Waals surface area contributed by atoms with E-state index < -0.39 is 24.5 Å². The fraction of sp³-hybridized carbons (Fsp3) is 0.857. The number of β-amino-alcohol motifs (C(OH)–C–C–N with tert-alkyl or cyclic N) is 1. The Labute approximate surface area is 73.8 Å². The van der Waals surface area contributed by atoms with Crippen LogP contribution in [-0.4, -0.2) is 52.7 Å². The van der Waals surface area contributed by atoms with E-state index in [9.17, 15) is 13.6 Å². The Morgan fingerprint density at radius 2 is 2.23 bits per heavy atom. The highest BCUT2D eigenvalue weighted by Crippen LogP contribution is 2.18. The summed E-state index contributed by atoms with van der Waals surface area (Å²) in [5, 5.41) is 17.1. The molecule has 0 bridgehead atoms. The van der Waals surface area contributed by atoms with Crippen molar-refractivity contribution in [3.8, 4) is 0 Å². The summed E-state index contributed by atoms with van der Waals surface area (Å²) in [5.74, 6) is -5.83. The summed E-state index contributed by atoms with van der Waals surface area (Å²) >= 11 is 0. The molecule has 0 aliphatic carbocycles. The number of carbonyl (C=O) groups is 1. The van der Waals surface area contributed by atoms with Gasteiger partial charge in [-0.1, -0.05) is 0 Å². The number of nitrogens with zero attached hydrogens (tertiary/aromatic N) is 1. The SMILES string of the molecule is O=C(O)C(F)(F)CN1CCC(O)C1. The third kappa shape index (κ3) is 2.60. The summed E-state index contributed by atoms with van der Waals surface area (Å²) < 4.78 is 25.2. The fourth-order valence-corrected chi connectivity index (χ4v) is 1.30. The van der Waals surface area contributed by atoms with Gasteiger partial charge < -0.3 is 10.2 Å². The largest absolute Gasteiger partial charge is 0.477 e. The summed E-state index contributed by atoms with van der Waals surface area (Å²) in [6, 6.07) is 0. The number of hydrogen-bond donors (Lipinski definition) is 2. The van der Waals surface area contributed by atoms with E-state index in [1.165, 1.54) is 4.90 Å². The quantitative estimate of drug-likeness (QED) is 0.653. The van der Waals surface area contributed by atoms with Crippen LogP contribution in [0.5, 0.6) is 0 Å². The summed E-state index contributed by atoms with van der Waals surface area (Å²) in [6.45, 7) is -0.369. The molecule has 13 heavy (non-hydrogen) atoms. The van der Waals surface area contributed by atoms with Crippen LogP contribution < -0.4 is 0 Å². The van der Waals surface area contributed by atoms with Crippen molar-refractivity contribution >= 4 is 5.97 Å². The molecule has 0 aromatic rings. The Balaban J connectivity index is 2.44. The molecule has 1 aliphatic rings. The summed E-state index contributed by atoms with van der Waals surface area (Å²) in [4.78, 5) is 11.3. The first-order valence-electron chi connectivity index (χ1n) is 3.93. The maximum Gasteiger partial charge on any atom is 0.375 e. The van der Waals surface area contributed by atoms with Crippen molar-refractivity contribution in [3.63, 3.8) is 0 Å². The lowest BCUT2D eigenvalue weighted by Gasteiger charge is -2.19. The van der Waals surface area contributed by atoms with Crippen molar-refractivity contribution in [2.24, 2.45) is 0 Å². The number of aliphatic carboxylic acids is 1. The van der Waals surface area contributed by atoms with Gasteiger partial charge in [0.2, 0.25) is 0 Å². The molecule has 0 aromatic heterocycles. The molecule has 76 valence electrons. The minimum Gasteiger partial charge on any atom is -0.477 e. The number of hydrogen-bond acceptors (Lipinski definition) is 3. The van der Waals surface area contributed by atoms with E-state index in [2.05, 4.69) is 0 Å². The second kappa shape index (κ2) is 3.55. The second-order valence-electron chi connectivity index (χ2n) is 3.19. The van der Waals surface area contributed by atoms with Crippen molar-refractivity contribution in [3.05, 3.63) is 0 Å². The topological polar surface area (TPSA) is 60.8 Å². The number of alkyl halides is 2. The normalized spacial score (nSPS) is 25.0. The van der Waals surface area contributed by atoms with Gasteiger partial charge in [0.1, 0.15) is 0 Å². The number of carboxylic acid groups (broad SMARTS) is 1. The Morgan fingerprint density at radius 3 is 2.62 bits per heavy atom. The van der Waals surface area contributed by atoms with Crippen LogP contribution in [0.1, 0.15) is 6.42 Å². The van der Waals surface area contributed by atoms with Crippen molar-refractivity contribution in [1.82, 2.24) is 4.90 Å². The minimum absolute atomic E-state index is 0.128. The summed E-state index contributed by atoms with van der Waals surface area (Å²) in [6.07, 6.45) is -0.181. The van der Waals surface area contributed by atoms with Crippen LogP contribution in [0, 0.1) is 0 Å². The summed E-state index contributed by atoms with van der Waals surface area (Å²) in [7, 11) is 0.